The molecule has 6 heteroatoms. The van der Waals surface area contributed by atoms with E-state index in [0.29, 0.717) is 12.0 Å². The van der Waals surface area contributed by atoms with Gasteiger partial charge in [-0.25, -0.2) is 4.39 Å². The Hall–Kier alpha value is -0.890. The van der Waals surface area contributed by atoms with Crippen LogP contribution in [0.1, 0.15) is 32.3 Å². The van der Waals surface area contributed by atoms with E-state index in [9.17, 15) is 4.39 Å². The second-order valence-electron chi connectivity index (χ2n) is 6.85. The smallest absolute Gasteiger partial charge is 0.190 e. The Morgan fingerprint density at radius 1 is 1.28 bits per heavy atom. The Morgan fingerprint density at radius 2 is 2.00 bits per heavy atom. The van der Waals surface area contributed by atoms with Crippen molar-refractivity contribution in [3.8, 4) is 0 Å². The fourth-order valence-corrected chi connectivity index (χ4v) is 3.17. The lowest BCUT2D eigenvalue weighted by Gasteiger charge is -2.35. The molecule has 1 saturated heterocycles. The van der Waals surface area contributed by atoms with Crippen molar-refractivity contribution in [2.45, 2.75) is 39.2 Å². The van der Waals surface area contributed by atoms with Gasteiger partial charge in [-0.2, -0.15) is 0 Å². The summed E-state index contributed by atoms with van der Waals surface area (Å²) in [5.41, 5.74) is 1.12. The van der Waals surface area contributed by atoms with Crippen molar-refractivity contribution in [3.63, 3.8) is 0 Å². The van der Waals surface area contributed by atoms with Crippen molar-refractivity contribution in [2.75, 3.05) is 33.2 Å². The molecule has 1 fully saturated rings. The molecule has 0 aliphatic carbocycles. The van der Waals surface area contributed by atoms with E-state index < -0.39 is 0 Å². The lowest BCUT2D eigenvalue weighted by Crippen LogP contribution is -2.46. The van der Waals surface area contributed by atoms with Gasteiger partial charge in [0, 0.05) is 32.7 Å². The molecule has 0 radical (unpaired) electrons. The van der Waals surface area contributed by atoms with Gasteiger partial charge >= 0.3 is 0 Å². The van der Waals surface area contributed by atoms with Gasteiger partial charge in [-0.1, -0.05) is 12.1 Å². The minimum Gasteiger partial charge on any atom is -0.356 e. The highest BCUT2D eigenvalue weighted by Gasteiger charge is 2.21. The average molecular weight is 462 g/mol. The second-order valence-corrected chi connectivity index (χ2v) is 6.85. The molecular formula is C19H32FIN4. The zero-order valence-electron chi connectivity index (χ0n) is 15.6. The van der Waals surface area contributed by atoms with Crippen molar-refractivity contribution in [3.05, 3.63) is 35.6 Å². The summed E-state index contributed by atoms with van der Waals surface area (Å²) in [5.74, 6) is 1.34. The summed E-state index contributed by atoms with van der Waals surface area (Å²) >= 11 is 0. The van der Waals surface area contributed by atoms with Crippen LogP contribution in [0.25, 0.3) is 0 Å². The van der Waals surface area contributed by atoms with E-state index in [1.165, 1.54) is 31.5 Å². The Labute approximate surface area is 168 Å². The molecule has 1 aromatic rings. The number of benzene rings is 1. The van der Waals surface area contributed by atoms with E-state index in [0.717, 1.165) is 37.6 Å². The van der Waals surface area contributed by atoms with Crippen LogP contribution in [0.2, 0.25) is 0 Å². The lowest BCUT2D eigenvalue weighted by molar-refractivity contribution is 0.141. The maximum Gasteiger partial charge on any atom is 0.190 e. The fourth-order valence-electron chi connectivity index (χ4n) is 3.17. The number of hydrogen-bond acceptors (Lipinski definition) is 2. The van der Waals surface area contributed by atoms with Gasteiger partial charge in [-0.15, -0.1) is 24.0 Å². The van der Waals surface area contributed by atoms with Crippen molar-refractivity contribution in [2.24, 2.45) is 10.9 Å². The third kappa shape index (κ3) is 7.90. The molecule has 0 amide bonds. The van der Waals surface area contributed by atoms with E-state index in [1.54, 1.807) is 7.05 Å². The van der Waals surface area contributed by atoms with Gasteiger partial charge < -0.3 is 15.5 Å². The van der Waals surface area contributed by atoms with Gasteiger partial charge in [0.15, 0.2) is 5.96 Å². The Morgan fingerprint density at radius 3 is 2.64 bits per heavy atom. The van der Waals surface area contributed by atoms with Gasteiger partial charge in [0.1, 0.15) is 5.82 Å². The van der Waals surface area contributed by atoms with Crippen LogP contribution < -0.4 is 10.6 Å². The van der Waals surface area contributed by atoms with Crippen LogP contribution in [0.4, 0.5) is 4.39 Å². The second kappa shape index (κ2) is 11.7. The van der Waals surface area contributed by atoms with Crippen LogP contribution in [0.3, 0.4) is 0 Å². The summed E-state index contributed by atoms with van der Waals surface area (Å²) in [6.07, 6.45) is 3.41. The molecule has 2 rings (SSSR count). The highest BCUT2D eigenvalue weighted by atomic mass is 127. The Bertz CT molecular complexity index is 519. The third-order valence-electron chi connectivity index (χ3n) is 4.68. The minimum atomic E-state index is -0.188. The van der Waals surface area contributed by atoms with Gasteiger partial charge in [-0.05, 0) is 63.3 Å². The van der Waals surface area contributed by atoms with Gasteiger partial charge in [0.25, 0.3) is 0 Å². The molecule has 1 atom stereocenters. The highest BCUT2D eigenvalue weighted by Crippen LogP contribution is 2.17. The molecule has 2 N–H and O–H groups in total. The summed E-state index contributed by atoms with van der Waals surface area (Å²) in [6.45, 7) is 8.67. The van der Waals surface area contributed by atoms with Crippen molar-refractivity contribution >= 4 is 29.9 Å². The summed E-state index contributed by atoms with van der Waals surface area (Å²) in [4.78, 5) is 6.85. The first-order valence-electron chi connectivity index (χ1n) is 9.01. The van der Waals surface area contributed by atoms with Gasteiger partial charge in [-0.3, -0.25) is 4.99 Å². The zero-order chi connectivity index (χ0) is 17.4. The predicted molar refractivity (Wildman–Crippen MR) is 114 cm³/mol. The number of nitrogens with one attached hydrogen (secondary N) is 2. The van der Waals surface area contributed by atoms with Crippen molar-refractivity contribution in [1.82, 2.24) is 15.5 Å². The van der Waals surface area contributed by atoms with Gasteiger partial charge in [0.05, 0.1) is 0 Å². The van der Waals surface area contributed by atoms with E-state index >= 15 is 0 Å². The summed E-state index contributed by atoms with van der Waals surface area (Å²) < 4.78 is 12.9. The van der Waals surface area contributed by atoms with Crippen LogP contribution in [0.5, 0.6) is 0 Å². The molecule has 4 nitrogen and oxygen atoms in total. The molecule has 1 aliphatic rings. The molecule has 1 unspecified atom stereocenters. The maximum absolute atomic E-state index is 12.9. The number of piperidine rings is 1. The molecule has 0 aromatic heterocycles. The monoisotopic (exact) mass is 462 g/mol. The van der Waals surface area contributed by atoms with Crippen LogP contribution in [-0.4, -0.2) is 50.1 Å². The standard InChI is InChI=1S/C19H31FN4.HI/c1-15(2)24-12-4-5-17(14-24)13-23-19(21-3)22-11-10-16-6-8-18(20)9-7-16;/h6-9,15,17H,4-5,10-14H2,1-3H3,(H2,21,22,23);1H. The largest absolute Gasteiger partial charge is 0.356 e. The zero-order valence-corrected chi connectivity index (χ0v) is 17.9. The number of halogens is 2. The van der Waals surface area contributed by atoms with Crippen LogP contribution in [-0.2, 0) is 6.42 Å². The van der Waals surface area contributed by atoms with Crippen LogP contribution >= 0.6 is 24.0 Å². The Kier molecular flexibility index (Phi) is 10.3. The highest BCUT2D eigenvalue weighted by molar-refractivity contribution is 14.0. The molecule has 1 aliphatic heterocycles. The molecule has 0 spiro atoms. The molecule has 0 saturated carbocycles. The number of likely N-dealkylation sites (tertiary alicyclic amines) is 1. The van der Waals surface area contributed by atoms with Crippen molar-refractivity contribution < 1.29 is 4.39 Å². The van der Waals surface area contributed by atoms with Gasteiger partial charge in [0.2, 0.25) is 0 Å². The average Bonchev–Trinajstić information content (AvgIpc) is 2.59. The molecule has 142 valence electrons. The fraction of sp³-hybridized carbons (Fsp3) is 0.632. The SMILES string of the molecule is CN=C(NCCc1ccc(F)cc1)NCC1CCCN(C(C)C)C1.I. The molecule has 1 aromatic carbocycles. The number of aliphatic imine (C=N–C) groups is 1. The number of nitrogens with zero attached hydrogens (tertiary/aromatic N) is 2. The first-order valence-corrected chi connectivity index (χ1v) is 9.01. The lowest BCUT2D eigenvalue weighted by atomic mass is 9.97. The predicted octanol–water partition coefficient (Wildman–Crippen LogP) is 3.27. The first-order chi connectivity index (χ1) is 11.6. The first kappa shape index (κ1) is 22.2. The quantitative estimate of drug-likeness (QED) is 0.388. The Balaban J connectivity index is 0.00000312. The number of hydrogen-bond donors (Lipinski definition) is 2. The van der Waals surface area contributed by atoms with E-state index in [1.807, 2.05) is 12.1 Å². The van der Waals surface area contributed by atoms with E-state index in [-0.39, 0.29) is 29.8 Å². The normalized spacial score (nSPS) is 18.8. The van der Waals surface area contributed by atoms with E-state index in [2.05, 4.69) is 34.4 Å². The summed E-state index contributed by atoms with van der Waals surface area (Å²) in [7, 11) is 1.80. The third-order valence-corrected chi connectivity index (χ3v) is 4.68. The van der Waals surface area contributed by atoms with Crippen molar-refractivity contribution in [1.29, 1.82) is 0 Å². The van der Waals surface area contributed by atoms with E-state index in [4.69, 9.17) is 0 Å². The number of rotatable bonds is 6. The number of guanidine groups is 1. The summed E-state index contributed by atoms with van der Waals surface area (Å²) in [5, 5.41) is 6.78. The summed E-state index contributed by atoms with van der Waals surface area (Å²) in [6, 6.07) is 7.30. The maximum atomic E-state index is 12.9. The van der Waals surface area contributed by atoms with Crippen LogP contribution in [0.15, 0.2) is 29.3 Å². The molecular weight excluding hydrogens is 430 g/mol. The molecule has 1 heterocycles. The van der Waals surface area contributed by atoms with Crippen LogP contribution in [0, 0.1) is 11.7 Å². The molecule has 0 bridgehead atoms. The molecule has 25 heavy (non-hydrogen) atoms. The minimum absolute atomic E-state index is 0. The topological polar surface area (TPSA) is 39.7 Å².